The van der Waals surface area contributed by atoms with Crippen LogP contribution in [0.25, 0.3) is 0 Å². The van der Waals surface area contributed by atoms with Crippen LogP contribution in [0, 0.1) is 6.92 Å². The van der Waals surface area contributed by atoms with E-state index in [0.29, 0.717) is 17.9 Å². The molecule has 1 saturated carbocycles. The standard InChI is InChI=1S/C21H25NO3/c1-15-6-2-3-7-16(15)14-25-20-9-5-4-8-19(20)21(24)22-17-10-12-18(23)13-11-17/h2-9,17-18,23H,10-14H2,1H3,(H,22,24). The van der Waals surface area contributed by atoms with E-state index in [2.05, 4.69) is 18.3 Å². The number of aliphatic hydroxyl groups is 1. The van der Waals surface area contributed by atoms with Crippen LogP contribution in [-0.2, 0) is 6.61 Å². The van der Waals surface area contributed by atoms with E-state index in [1.165, 1.54) is 5.56 Å². The molecule has 0 bridgehead atoms. The topological polar surface area (TPSA) is 58.6 Å². The van der Waals surface area contributed by atoms with E-state index < -0.39 is 0 Å². The van der Waals surface area contributed by atoms with Crippen LogP contribution in [0.2, 0.25) is 0 Å². The van der Waals surface area contributed by atoms with E-state index in [4.69, 9.17) is 4.74 Å². The zero-order chi connectivity index (χ0) is 17.6. The molecule has 2 aromatic carbocycles. The molecule has 2 N–H and O–H groups in total. The van der Waals surface area contributed by atoms with Crippen LogP contribution in [0.1, 0.15) is 47.2 Å². The second-order valence-electron chi connectivity index (χ2n) is 6.69. The number of nitrogens with one attached hydrogen (secondary N) is 1. The van der Waals surface area contributed by atoms with Gasteiger partial charge in [0.15, 0.2) is 0 Å². The third-order valence-corrected chi connectivity index (χ3v) is 4.81. The van der Waals surface area contributed by atoms with E-state index in [0.717, 1.165) is 31.2 Å². The number of rotatable bonds is 5. The lowest BCUT2D eigenvalue weighted by molar-refractivity contribution is 0.0863. The van der Waals surface area contributed by atoms with E-state index in [1.807, 2.05) is 36.4 Å². The molecule has 1 aliphatic carbocycles. The first kappa shape index (κ1) is 17.5. The molecule has 0 heterocycles. The van der Waals surface area contributed by atoms with Gasteiger partial charge in [-0.3, -0.25) is 4.79 Å². The smallest absolute Gasteiger partial charge is 0.255 e. The summed E-state index contributed by atoms with van der Waals surface area (Å²) in [6.45, 7) is 2.49. The van der Waals surface area contributed by atoms with Crippen LogP contribution in [0.5, 0.6) is 5.75 Å². The average molecular weight is 339 g/mol. The summed E-state index contributed by atoms with van der Waals surface area (Å²) in [5, 5.41) is 12.7. The Kier molecular flexibility index (Phi) is 5.71. The number of benzene rings is 2. The number of ether oxygens (including phenoxy) is 1. The first-order valence-corrected chi connectivity index (χ1v) is 8.89. The maximum Gasteiger partial charge on any atom is 0.255 e. The van der Waals surface area contributed by atoms with Gasteiger partial charge in [-0.15, -0.1) is 0 Å². The van der Waals surface area contributed by atoms with Gasteiger partial charge in [0.25, 0.3) is 5.91 Å². The monoisotopic (exact) mass is 339 g/mol. The Bertz CT molecular complexity index is 721. The molecular weight excluding hydrogens is 314 g/mol. The van der Waals surface area contributed by atoms with Gasteiger partial charge in [0.05, 0.1) is 11.7 Å². The SMILES string of the molecule is Cc1ccccc1COc1ccccc1C(=O)NC1CCC(O)CC1. The largest absolute Gasteiger partial charge is 0.488 e. The van der Waals surface area contributed by atoms with Gasteiger partial charge in [0.1, 0.15) is 12.4 Å². The summed E-state index contributed by atoms with van der Waals surface area (Å²) in [6, 6.07) is 15.5. The number of aliphatic hydroxyl groups excluding tert-OH is 1. The Morgan fingerprint density at radius 2 is 1.76 bits per heavy atom. The molecule has 1 fully saturated rings. The molecular formula is C21H25NO3. The Labute approximate surface area is 148 Å². The average Bonchev–Trinajstić information content (AvgIpc) is 2.63. The van der Waals surface area contributed by atoms with E-state index >= 15 is 0 Å². The van der Waals surface area contributed by atoms with Crippen molar-refractivity contribution in [3.8, 4) is 5.75 Å². The third kappa shape index (κ3) is 4.60. The summed E-state index contributed by atoms with van der Waals surface area (Å²) < 4.78 is 5.93. The number of para-hydroxylation sites is 1. The molecule has 132 valence electrons. The normalized spacial score (nSPS) is 20.1. The van der Waals surface area contributed by atoms with E-state index in [9.17, 15) is 9.90 Å². The lowest BCUT2D eigenvalue weighted by Gasteiger charge is -2.26. The van der Waals surface area contributed by atoms with Gasteiger partial charge in [0.2, 0.25) is 0 Å². The fourth-order valence-corrected chi connectivity index (χ4v) is 3.19. The van der Waals surface area contributed by atoms with Crippen molar-refractivity contribution < 1.29 is 14.6 Å². The van der Waals surface area contributed by atoms with Crippen LogP contribution in [-0.4, -0.2) is 23.2 Å². The molecule has 4 nitrogen and oxygen atoms in total. The lowest BCUT2D eigenvalue weighted by Crippen LogP contribution is -2.38. The van der Waals surface area contributed by atoms with Gasteiger partial charge < -0.3 is 15.2 Å². The maximum absolute atomic E-state index is 12.6. The zero-order valence-corrected chi connectivity index (χ0v) is 14.6. The molecule has 0 aliphatic heterocycles. The molecule has 0 aromatic heterocycles. The zero-order valence-electron chi connectivity index (χ0n) is 14.6. The number of aryl methyl sites for hydroxylation is 1. The number of carbonyl (C=O) groups is 1. The molecule has 1 amide bonds. The maximum atomic E-state index is 12.6. The molecule has 0 atom stereocenters. The number of hydrogen-bond donors (Lipinski definition) is 2. The number of hydrogen-bond acceptors (Lipinski definition) is 3. The van der Waals surface area contributed by atoms with Gasteiger partial charge in [-0.1, -0.05) is 36.4 Å². The summed E-state index contributed by atoms with van der Waals surface area (Å²) in [7, 11) is 0. The predicted molar refractivity (Wildman–Crippen MR) is 97.7 cm³/mol. The van der Waals surface area contributed by atoms with Gasteiger partial charge in [-0.2, -0.15) is 0 Å². The van der Waals surface area contributed by atoms with Crippen LogP contribution in [0.15, 0.2) is 48.5 Å². The molecule has 3 rings (SSSR count). The fraction of sp³-hybridized carbons (Fsp3) is 0.381. The van der Waals surface area contributed by atoms with Crippen LogP contribution in [0.4, 0.5) is 0 Å². The summed E-state index contributed by atoms with van der Waals surface area (Å²) in [5.41, 5.74) is 2.84. The van der Waals surface area contributed by atoms with Gasteiger partial charge >= 0.3 is 0 Å². The molecule has 2 aromatic rings. The molecule has 25 heavy (non-hydrogen) atoms. The highest BCUT2D eigenvalue weighted by Gasteiger charge is 2.22. The highest BCUT2D eigenvalue weighted by Crippen LogP contribution is 2.22. The van der Waals surface area contributed by atoms with Crippen molar-refractivity contribution in [3.63, 3.8) is 0 Å². The van der Waals surface area contributed by atoms with Crippen molar-refractivity contribution in [3.05, 3.63) is 65.2 Å². The lowest BCUT2D eigenvalue weighted by atomic mass is 9.93. The molecule has 0 spiro atoms. The van der Waals surface area contributed by atoms with Crippen molar-refractivity contribution in [1.82, 2.24) is 5.32 Å². The molecule has 0 saturated heterocycles. The van der Waals surface area contributed by atoms with Crippen molar-refractivity contribution in [2.45, 2.75) is 51.4 Å². The summed E-state index contributed by atoms with van der Waals surface area (Å²) >= 11 is 0. The first-order valence-electron chi connectivity index (χ1n) is 8.89. The summed E-state index contributed by atoms with van der Waals surface area (Å²) in [5.74, 6) is 0.487. The Morgan fingerprint density at radius 1 is 1.08 bits per heavy atom. The van der Waals surface area contributed by atoms with Crippen LogP contribution >= 0.6 is 0 Å². The second kappa shape index (κ2) is 8.17. The minimum Gasteiger partial charge on any atom is -0.488 e. The summed E-state index contributed by atoms with van der Waals surface area (Å²) in [6.07, 6.45) is 2.91. The van der Waals surface area contributed by atoms with E-state index in [1.54, 1.807) is 6.07 Å². The fourth-order valence-electron chi connectivity index (χ4n) is 3.19. The predicted octanol–water partition coefficient (Wildman–Crippen LogP) is 3.61. The second-order valence-corrected chi connectivity index (χ2v) is 6.69. The third-order valence-electron chi connectivity index (χ3n) is 4.81. The van der Waals surface area contributed by atoms with Crippen molar-refractivity contribution in [2.24, 2.45) is 0 Å². The van der Waals surface area contributed by atoms with Crippen LogP contribution < -0.4 is 10.1 Å². The summed E-state index contributed by atoms with van der Waals surface area (Å²) in [4.78, 5) is 12.6. The highest BCUT2D eigenvalue weighted by atomic mass is 16.5. The van der Waals surface area contributed by atoms with Gasteiger partial charge in [0, 0.05) is 6.04 Å². The van der Waals surface area contributed by atoms with Gasteiger partial charge in [-0.05, 0) is 55.9 Å². The minimum absolute atomic E-state index is 0.109. The first-order chi connectivity index (χ1) is 12.1. The van der Waals surface area contributed by atoms with Crippen molar-refractivity contribution in [1.29, 1.82) is 0 Å². The number of amides is 1. The Hall–Kier alpha value is -2.33. The Morgan fingerprint density at radius 3 is 2.52 bits per heavy atom. The highest BCUT2D eigenvalue weighted by molar-refractivity contribution is 5.97. The molecule has 1 aliphatic rings. The van der Waals surface area contributed by atoms with Gasteiger partial charge in [-0.25, -0.2) is 0 Å². The van der Waals surface area contributed by atoms with Crippen LogP contribution in [0.3, 0.4) is 0 Å². The van der Waals surface area contributed by atoms with Crippen molar-refractivity contribution >= 4 is 5.91 Å². The molecule has 0 radical (unpaired) electrons. The minimum atomic E-state index is -0.224. The Balaban J connectivity index is 1.66. The number of carbonyl (C=O) groups excluding carboxylic acids is 1. The molecule has 0 unspecified atom stereocenters. The molecule has 4 heteroatoms. The quantitative estimate of drug-likeness (QED) is 0.875. The van der Waals surface area contributed by atoms with E-state index in [-0.39, 0.29) is 18.1 Å². The van der Waals surface area contributed by atoms with Crippen molar-refractivity contribution in [2.75, 3.05) is 0 Å².